The van der Waals surface area contributed by atoms with Gasteiger partial charge in [0, 0.05) is 5.56 Å². The van der Waals surface area contributed by atoms with Crippen LogP contribution in [0, 0.1) is 13.8 Å². The van der Waals surface area contributed by atoms with Crippen molar-refractivity contribution in [1.29, 1.82) is 0 Å². The summed E-state index contributed by atoms with van der Waals surface area (Å²) in [6.45, 7) is 11.3. The molecular formula is C22H32N4O2. The van der Waals surface area contributed by atoms with E-state index in [1.165, 1.54) is 4.80 Å². The average Bonchev–Trinajstić information content (AvgIpc) is 3.17. The van der Waals surface area contributed by atoms with E-state index in [-0.39, 0.29) is 11.2 Å². The summed E-state index contributed by atoms with van der Waals surface area (Å²) in [6, 6.07) is 4.11. The maximum Gasteiger partial charge on any atom is 0.204 e. The van der Waals surface area contributed by atoms with E-state index in [2.05, 4.69) is 74.3 Å². The molecule has 2 unspecified atom stereocenters. The van der Waals surface area contributed by atoms with E-state index in [0.717, 1.165) is 48.1 Å². The van der Waals surface area contributed by atoms with Crippen LogP contribution in [-0.2, 0) is 11.8 Å². The lowest BCUT2D eigenvalue weighted by Crippen LogP contribution is -2.32. The monoisotopic (exact) mass is 384 g/mol. The van der Waals surface area contributed by atoms with Crippen LogP contribution in [0.15, 0.2) is 24.3 Å². The first-order valence-electron chi connectivity index (χ1n) is 10.1. The minimum absolute atomic E-state index is 0.123. The Balaban J connectivity index is 1.56. The molecule has 0 saturated heterocycles. The molecular weight excluding hydrogens is 352 g/mol. The first kappa shape index (κ1) is 20.5. The van der Waals surface area contributed by atoms with Crippen LogP contribution in [0.3, 0.4) is 0 Å². The average molecular weight is 385 g/mol. The summed E-state index contributed by atoms with van der Waals surface area (Å²) in [6.07, 6.45) is 8.52. The van der Waals surface area contributed by atoms with E-state index in [1.807, 2.05) is 0 Å². The minimum atomic E-state index is -0.196. The van der Waals surface area contributed by atoms with Gasteiger partial charge in [0.2, 0.25) is 5.82 Å². The van der Waals surface area contributed by atoms with Crippen LogP contribution in [0.25, 0.3) is 11.4 Å². The number of nitrogens with zero attached hydrogens (tertiary/aromatic N) is 4. The smallest absolute Gasteiger partial charge is 0.204 e. The van der Waals surface area contributed by atoms with Crippen molar-refractivity contribution in [2.45, 2.75) is 71.5 Å². The van der Waals surface area contributed by atoms with Gasteiger partial charge in [-0.2, -0.15) is 4.80 Å². The molecule has 0 N–H and O–H groups in total. The van der Waals surface area contributed by atoms with Crippen LogP contribution in [-0.4, -0.2) is 38.0 Å². The Morgan fingerprint density at radius 1 is 1.07 bits per heavy atom. The highest BCUT2D eigenvalue weighted by molar-refractivity contribution is 5.60. The third-order valence-corrected chi connectivity index (χ3v) is 5.29. The van der Waals surface area contributed by atoms with Crippen molar-refractivity contribution in [3.63, 3.8) is 0 Å². The molecule has 1 aliphatic rings. The van der Waals surface area contributed by atoms with Gasteiger partial charge in [0.1, 0.15) is 5.75 Å². The molecule has 0 bridgehead atoms. The van der Waals surface area contributed by atoms with Crippen molar-refractivity contribution in [1.82, 2.24) is 20.2 Å². The molecule has 2 atom stereocenters. The summed E-state index contributed by atoms with van der Waals surface area (Å²) in [5.41, 5.74) is 2.81. The number of tetrazole rings is 1. The molecule has 2 heterocycles. The predicted molar refractivity (Wildman–Crippen MR) is 110 cm³/mol. The van der Waals surface area contributed by atoms with Gasteiger partial charge in [0.05, 0.1) is 24.9 Å². The van der Waals surface area contributed by atoms with Crippen LogP contribution in [0.1, 0.15) is 57.6 Å². The van der Waals surface area contributed by atoms with Crippen LogP contribution in [0.2, 0.25) is 0 Å². The molecule has 28 heavy (non-hydrogen) atoms. The molecule has 1 aromatic carbocycles. The molecule has 0 amide bonds. The molecule has 0 aliphatic carbocycles. The quantitative estimate of drug-likeness (QED) is 0.493. The molecule has 6 heteroatoms. The van der Waals surface area contributed by atoms with Gasteiger partial charge in [-0.15, -0.1) is 10.2 Å². The Morgan fingerprint density at radius 3 is 2.29 bits per heavy atom. The molecule has 1 aromatic heterocycles. The zero-order valence-corrected chi connectivity index (χ0v) is 18.0. The van der Waals surface area contributed by atoms with Gasteiger partial charge >= 0.3 is 0 Å². The maximum absolute atomic E-state index is 6.35. The number of aryl methyl sites for hydroxylation is 3. The van der Waals surface area contributed by atoms with Gasteiger partial charge < -0.3 is 9.47 Å². The minimum Gasteiger partial charge on any atom is -0.493 e. The second-order valence-electron chi connectivity index (χ2n) is 8.30. The molecule has 0 radical (unpaired) electrons. The summed E-state index contributed by atoms with van der Waals surface area (Å²) < 4.78 is 12.5. The molecule has 0 spiro atoms. The Bertz CT molecular complexity index is 837. The van der Waals surface area contributed by atoms with E-state index < -0.39 is 0 Å². The van der Waals surface area contributed by atoms with E-state index in [1.54, 1.807) is 7.05 Å². The predicted octanol–water partition coefficient (Wildman–Crippen LogP) is 4.56. The van der Waals surface area contributed by atoms with Gasteiger partial charge in [-0.25, -0.2) is 0 Å². The van der Waals surface area contributed by atoms with Gasteiger partial charge in [0.25, 0.3) is 0 Å². The highest BCUT2D eigenvalue weighted by atomic mass is 16.5. The number of benzene rings is 1. The molecule has 0 fully saturated rings. The maximum atomic E-state index is 6.35. The third-order valence-electron chi connectivity index (χ3n) is 5.29. The van der Waals surface area contributed by atoms with Crippen molar-refractivity contribution >= 4 is 0 Å². The number of hydrogen-bond donors (Lipinski definition) is 0. The zero-order chi connectivity index (χ0) is 20.4. The standard InChI is InChI=1S/C22H32N4O2/c1-7-9-21(4)11-12-22(5,28-21)10-8-13-27-19-16(2)14-18(15-17(19)3)20-23-25-26(6)24-20/h11-12,14-15H,7-10,13H2,1-6H3. The lowest BCUT2D eigenvalue weighted by molar-refractivity contribution is -0.0785. The van der Waals surface area contributed by atoms with Crippen molar-refractivity contribution in [2.75, 3.05) is 6.61 Å². The van der Waals surface area contributed by atoms with Crippen molar-refractivity contribution in [2.24, 2.45) is 7.05 Å². The van der Waals surface area contributed by atoms with Crippen LogP contribution in [0.4, 0.5) is 0 Å². The number of ether oxygens (including phenoxy) is 2. The Labute approximate surface area is 167 Å². The second kappa shape index (κ2) is 8.03. The van der Waals surface area contributed by atoms with Gasteiger partial charge in [-0.1, -0.05) is 25.5 Å². The SMILES string of the molecule is CCCC1(C)C=CC(C)(CCCOc2c(C)cc(-c3nnn(C)n3)cc2C)O1. The van der Waals surface area contributed by atoms with Crippen LogP contribution >= 0.6 is 0 Å². The molecule has 2 aromatic rings. The summed E-state index contributed by atoms with van der Waals surface area (Å²) in [5.74, 6) is 1.57. The van der Waals surface area contributed by atoms with Crippen molar-refractivity contribution in [3.05, 3.63) is 35.4 Å². The van der Waals surface area contributed by atoms with Crippen LogP contribution < -0.4 is 4.74 Å². The Kier molecular flexibility index (Phi) is 5.89. The molecule has 6 nitrogen and oxygen atoms in total. The van der Waals surface area contributed by atoms with Gasteiger partial charge in [-0.05, 0) is 75.4 Å². The second-order valence-corrected chi connectivity index (χ2v) is 8.30. The number of hydrogen-bond acceptors (Lipinski definition) is 5. The normalized spacial score (nSPS) is 24.1. The largest absolute Gasteiger partial charge is 0.493 e. The molecule has 152 valence electrons. The Morgan fingerprint density at radius 2 is 1.71 bits per heavy atom. The third kappa shape index (κ3) is 4.61. The molecule has 1 aliphatic heterocycles. The highest BCUT2D eigenvalue weighted by Crippen LogP contribution is 2.37. The molecule has 3 rings (SSSR count). The number of aromatic nitrogens is 4. The van der Waals surface area contributed by atoms with Crippen molar-refractivity contribution < 1.29 is 9.47 Å². The van der Waals surface area contributed by atoms with Crippen molar-refractivity contribution in [3.8, 4) is 17.1 Å². The van der Waals surface area contributed by atoms with E-state index in [4.69, 9.17) is 9.47 Å². The fourth-order valence-electron chi connectivity index (χ4n) is 4.02. The first-order valence-corrected chi connectivity index (χ1v) is 10.1. The fraction of sp³-hybridized carbons (Fsp3) is 0.591. The number of rotatable bonds is 8. The van der Waals surface area contributed by atoms with E-state index in [9.17, 15) is 0 Å². The zero-order valence-electron chi connectivity index (χ0n) is 18.0. The lowest BCUT2D eigenvalue weighted by Gasteiger charge is -2.31. The summed E-state index contributed by atoms with van der Waals surface area (Å²) in [7, 11) is 1.77. The van der Waals surface area contributed by atoms with E-state index in [0.29, 0.717) is 12.4 Å². The molecule has 0 saturated carbocycles. The fourth-order valence-corrected chi connectivity index (χ4v) is 4.02. The van der Waals surface area contributed by atoms with Crippen LogP contribution in [0.5, 0.6) is 5.75 Å². The summed E-state index contributed by atoms with van der Waals surface area (Å²) in [5, 5.41) is 12.3. The summed E-state index contributed by atoms with van der Waals surface area (Å²) in [4.78, 5) is 1.47. The first-order chi connectivity index (χ1) is 13.2. The van der Waals surface area contributed by atoms with E-state index >= 15 is 0 Å². The van der Waals surface area contributed by atoms with Gasteiger partial charge in [0.15, 0.2) is 0 Å². The lowest BCUT2D eigenvalue weighted by atomic mass is 10.00. The highest BCUT2D eigenvalue weighted by Gasteiger charge is 2.37. The summed E-state index contributed by atoms with van der Waals surface area (Å²) >= 11 is 0. The van der Waals surface area contributed by atoms with Gasteiger partial charge in [-0.3, -0.25) is 0 Å². The Hall–Kier alpha value is -2.21. The topological polar surface area (TPSA) is 62.1 Å².